The van der Waals surface area contributed by atoms with Gasteiger partial charge in [-0.15, -0.1) is 0 Å². The number of likely N-dealkylation sites (tertiary alicyclic amines) is 1. The summed E-state index contributed by atoms with van der Waals surface area (Å²) in [5.74, 6) is -1.03. The molecule has 2 heterocycles. The molecule has 0 spiro atoms. The Morgan fingerprint density at radius 2 is 2.12 bits per heavy atom. The quantitative estimate of drug-likeness (QED) is 0.774. The number of carbonyl (C=O) groups is 2. The molecular weight excluding hydrogens is 222 g/mol. The van der Waals surface area contributed by atoms with Crippen LogP contribution in [0, 0.1) is 11.8 Å². The minimum Gasteiger partial charge on any atom is -0.480 e. The van der Waals surface area contributed by atoms with E-state index in [0.29, 0.717) is 19.8 Å². The van der Waals surface area contributed by atoms with E-state index in [-0.39, 0.29) is 17.7 Å². The summed E-state index contributed by atoms with van der Waals surface area (Å²) in [5, 5.41) is 9.25. The zero-order chi connectivity index (χ0) is 12.4. The molecule has 1 N–H and O–H groups in total. The molecule has 2 saturated heterocycles. The fraction of sp³-hybridized carbons (Fsp3) is 0.833. The molecule has 0 radical (unpaired) electrons. The zero-order valence-electron chi connectivity index (χ0n) is 10.1. The standard InChI is InChI=1S/C12H19NO4/c1-8-3-2-5-13(10(8)12(15)16)11(14)9-4-6-17-7-9/h8-10H,2-7H2,1H3,(H,15,16). The Kier molecular flexibility index (Phi) is 3.66. The fourth-order valence-electron chi connectivity index (χ4n) is 2.78. The van der Waals surface area contributed by atoms with Crippen LogP contribution in [-0.4, -0.2) is 47.7 Å². The Morgan fingerprint density at radius 3 is 2.71 bits per heavy atom. The van der Waals surface area contributed by atoms with E-state index in [9.17, 15) is 14.7 Å². The lowest BCUT2D eigenvalue weighted by molar-refractivity contribution is -0.156. The Bertz CT molecular complexity index is 312. The van der Waals surface area contributed by atoms with Crippen LogP contribution in [0.4, 0.5) is 0 Å². The summed E-state index contributed by atoms with van der Waals surface area (Å²) >= 11 is 0. The topological polar surface area (TPSA) is 66.8 Å². The summed E-state index contributed by atoms with van der Waals surface area (Å²) in [7, 11) is 0. The Labute approximate surface area is 101 Å². The maximum absolute atomic E-state index is 12.2. The van der Waals surface area contributed by atoms with Crippen molar-refractivity contribution in [3.63, 3.8) is 0 Å². The molecule has 2 aliphatic heterocycles. The predicted octanol–water partition coefficient (Wildman–Crippen LogP) is 0.735. The average molecular weight is 241 g/mol. The smallest absolute Gasteiger partial charge is 0.326 e. The summed E-state index contributed by atoms with van der Waals surface area (Å²) in [6.07, 6.45) is 2.49. The van der Waals surface area contributed by atoms with Crippen molar-refractivity contribution in [2.45, 2.75) is 32.2 Å². The van der Waals surface area contributed by atoms with E-state index >= 15 is 0 Å². The van der Waals surface area contributed by atoms with Gasteiger partial charge in [0, 0.05) is 13.2 Å². The molecule has 1 amide bonds. The van der Waals surface area contributed by atoms with E-state index in [1.54, 1.807) is 4.90 Å². The van der Waals surface area contributed by atoms with Gasteiger partial charge in [-0.1, -0.05) is 6.92 Å². The third-order valence-corrected chi connectivity index (χ3v) is 3.75. The number of carbonyl (C=O) groups excluding carboxylic acids is 1. The van der Waals surface area contributed by atoms with Gasteiger partial charge in [-0.05, 0) is 25.2 Å². The number of ether oxygens (including phenoxy) is 1. The minimum atomic E-state index is -0.885. The van der Waals surface area contributed by atoms with Crippen molar-refractivity contribution in [1.82, 2.24) is 4.90 Å². The van der Waals surface area contributed by atoms with Gasteiger partial charge in [0.2, 0.25) is 5.91 Å². The van der Waals surface area contributed by atoms with Gasteiger partial charge >= 0.3 is 5.97 Å². The molecule has 5 heteroatoms. The maximum Gasteiger partial charge on any atom is 0.326 e. The van der Waals surface area contributed by atoms with E-state index in [1.807, 2.05) is 6.92 Å². The first-order valence-corrected chi connectivity index (χ1v) is 6.22. The van der Waals surface area contributed by atoms with E-state index in [2.05, 4.69) is 0 Å². The molecule has 0 bridgehead atoms. The highest BCUT2D eigenvalue weighted by atomic mass is 16.5. The van der Waals surface area contributed by atoms with Gasteiger partial charge in [0.1, 0.15) is 6.04 Å². The second kappa shape index (κ2) is 5.04. The largest absolute Gasteiger partial charge is 0.480 e. The van der Waals surface area contributed by atoms with Gasteiger partial charge in [0.15, 0.2) is 0 Å². The van der Waals surface area contributed by atoms with Crippen LogP contribution in [0.25, 0.3) is 0 Å². The predicted molar refractivity (Wildman–Crippen MR) is 60.5 cm³/mol. The second-order valence-electron chi connectivity index (χ2n) is 4.99. The van der Waals surface area contributed by atoms with Crippen LogP contribution in [0.5, 0.6) is 0 Å². The molecule has 0 aromatic carbocycles. The molecule has 2 aliphatic rings. The number of nitrogens with zero attached hydrogens (tertiary/aromatic N) is 1. The van der Waals surface area contributed by atoms with E-state index in [4.69, 9.17) is 4.74 Å². The molecule has 17 heavy (non-hydrogen) atoms. The summed E-state index contributed by atoms with van der Waals surface area (Å²) in [6.45, 7) is 3.52. The van der Waals surface area contributed by atoms with Crippen LogP contribution in [0.15, 0.2) is 0 Å². The van der Waals surface area contributed by atoms with Crippen molar-refractivity contribution >= 4 is 11.9 Å². The first-order valence-electron chi connectivity index (χ1n) is 6.22. The van der Waals surface area contributed by atoms with Crippen LogP contribution >= 0.6 is 0 Å². The number of hydrogen-bond acceptors (Lipinski definition) is 3. The van der Waals surface area contributed by atoms with Crippen LogP contribution in [0.2, 0.25) is 0 Å². The number of aliphatic carboxylic acids is 1. The van der Waals surface area contributed by atoms with E-state index in [0.717, 1.165) is 19.3 Å². The Morgan fingerprint density at radius 1 is 1.35 bits per heavy atom. The summed E-state index contributed by atoms with van der Waals surface area (Å²) in [4.78, 5) is 25.1. The zero-order valence-corrected chi connectivity index (χ0v) is 10.1. The summed E-state index contributed by atoms with van der Waals surface area (Å²) in [6, 6.07) is -0.656. The highest BCUT2D eigenvalue weighted by Gasteiger charge is 2.40. The molecule has 0 aromatic rings. The number of hydrogen-bond donors (Lipinski definition) is 1. The van der Waals surface area contributed by atoms with Crippen molar-refractivity contribution in [3.8, 4) is 0 Å². The monoisotopic (exact) mass is 241 g/mol. The lowest BCUT2D eigenvalue weighted by Gasteiger charge is -2.38. The Balaban J connectivity index is 2.10. The lowest BCUT2D eigenvalue weighted by Crippen LogP contribution is -2.53. The molecule has 96 valence electrons. The van der Waals surface area contributed by atoms with Crippen LogP contribution in [0.1, 0.15) is 26.2 Å². The molecule has 3 atom stereocenters. The van der Waals surface area contributed by atoms with Crippen molar-refractivity contribution in [2.24, 2.45) is 11.8 Å². The van der Waals surface area contributed by atoms with Crippen molar-refractivity contribution in [1.29, 1.82) is 0 Å². The SMILES string of the molecule is CC1CCCN(C(=O)C2CCOC2)C1C(=O)O. The van der Waals surface area contributed by atoms with E-state index in [1.165, 1.54) is 0 Å². The number of carboxylic acids is 1. The van der Waals surface area contributed by atoms with Crippen molar-refractivity contribution < 1.29 is 19.4 Å². The average Bonchev–Trinajstić information content (AvgIpc) is 2.80. The van der Waals surface area contributed by atoms with Gasteiger partial charge in [0.25, 0.3) is 0 Å². The molecule has 0 aliphatic carbocycles. The summed E-state index contributed by atoms with van der Waals surface area (Å²) in [5.41, 5.74) is 0. The van der Waals surface area contributed by atoms with Crippen LogP contribution in [0.3, 0.4) is 0 Å². The molecule has 3 unspecified atom stereocenters. The molecule has 2 fully saturated rings. The molecule has 0 saturated carbocycles. The van der Waals surface area contributed by atoms with E-state index < -0.39 is 12.0 Å². The molecule has 5 nitrogen and oxygen atoms in total. The van der Waals surface area contributed by atoms with Crippen LogP contribution < -0.4 is 0 Å². The van der Waals surface area contributed by atoms with Gasteiger partial charge in [-0.25, -0.2) is 4.79 Å². The number of carboxylic acid groups (broad SMARTS) is 1. The first-order chi connectivity index (χ1) is 8.11. The normalized spacial score (nSPS) is 33.7. The highest BCUT2D eigenvalue weighted by Crippen LogP contribution is 2.27. The Hall–Kier alpha value is -1.10. The van der Waals surface area contributed by atoms with Crippen molar-refractivity contribution in [2.75, 3.05) is 19.8 Å². The van der Waals surface area contributed by atoms with Gasteiger partial charge < -0.3 is 14.7 Å². The fourth-order valence-corrected chi connectivity index (χ4v) is 2.78. The lowest BCUT2D eigenvalue weighted by atomic mass is 9.89. The molecular formula is C12H19NO4. The van der Waals surface area contributed by atoms with Crippen LogP contribution in [-0.2, 0) is 14.3 Å². The van der Waals surface area contributed by atoms with Gasteiger partial charge in [-0.2, -0.15) is 0 Å². The van der Waals surface area contributed by atoms with Gasteiger partial charge in [-0.3, -0.25) is 4.79 Å². The molecule has 0 aromatic heterocycles. The number of amides is 1. The number of piperidine rings is 1. The second-order valence-corrected chi connectivity index (χ2v) is 4.99. The van der Waals surface area contributed by atoms with Crippen molar-refractivity contribution in [3.05, 3.63) is 0 Å². The first kappa shape index (κ1) is 12.4. The third-order valence-electron chi connectivity index (χ3n) is 3.75. The molecule has 2 rings (SSSR count). The minimum absolute atomic E-state index is 0.0347. The van der Waals surface area contributed by atoms with Gasteiger partial charge in [0.05, 0.1) is 12.5 Å². The number of rotatable bonds is 2. The summed E-state index contributed by atoms with van der Waals surface area (Å²) < 4.78 is 5.20. The third kappa shape index (κ3) is 2.44. The highest BCUT2D eigenvalue weighted by molar-refractivity contribution is 5.85. The maximum atomic E-state index is 12.2.